The number of amides is 1. The summed E-state index contributed by atoms with van der Waals surface area (Å²) in [6, 6.07) is 2.43. The van der Waals surface area contributed by atoms with Crippen LogP contribution in [0.5, 0.6) is 0 Å². The van der Waals surface area contributed by atoms with Crippen LogP contribution in [0, 0.1) is 5.92 Å². The van der Waals surface area contributed by atoms with E-state index in [9.17, 15) is 4.79 Å². The molecule has 1 N–H and O–H groups in total. The van der Waals surface area contributed by atoms with Crippen LogP contribution in [-0.2, 0) is 11.2 Å². The second-order valence-electron chi connectivity index (χ2n) is 9.15. The molecule has 6 nitrogen and oxygen atoms in total. The molecule has 170 valence electrons. The molecule has 1 aliphatic carbocycles. The van der Waals surface area contributed by atoms with E-state index in [0.717, 1.165) is 51.4 Å². The van der Waals surface area contributed by atoms with E-state index in [0.29, 0.717) is 5.92 Å². The Balaban J connectivity index is 0.00000320. The quantitative estimate of drug-likeness (QED) is 0.321. The zero-order valence-corrected chi connectivity index (χ0v) is 21.9. The summed E-state index contributed by atoms with van der Waals surface area (Å²) in [5.41, 5.74) is 0.915. The molecule has 0 atom stereocenters. The SMILES string of the molecule is CN=C(NCCc1ccsc1)N1CCC(N(CC2CC2)C(=O)OC(C)(C)C)CC1.I. The molecule has 1 saturated carbocycles. The molecule has 8 heteroatoms. The molecule has 0 aromatic carbocycles. The van der Waals surface area contributed by atoms with Crippen LogP contribution in [0.1, 0.15) is 52.0 Å². The van der Waals surface area contributed by atoms with Gasteiger partial charge < -0.3 is 19.9 Å². The predicted molar refractivity (Wildman–Crippen MR) is 135 cm³/mol. The average molecular weight is 549 g/mol. The second kappa shape index (κ2) is 11.5. The number of nitrogens with zero attached hydrogens (tertiary/aromatic N) is 3. The summed E-state index contributed by atoms with van der Waals surface area (Å²) >= 11 is 1.74. The highest BCUT2D eigenvalue weighted by Gasteiger charge is 2.35. The van der Waals surface area contributed by atoms with Gasteiger partial charge in [0.05, 0.1) is 0 Å². The lowest BCUT2D eigenvalue weighted by Gasteiger charge is -2.40. The van der Waals surface area contributed by atoms with Gasteiger partial charge >= 0.3 is 6.09 Å². The van der Waals surface area contributed by atoms with Gasteiger partial charge in [-0.3, -0.25) is 4.99 Å². The molecule has 1 aromatic heterocycles. The fourth-order valence-electron chi connectivity index (χ4n) is 3.75. The van der Waals surface area contributed by atoms with E-state index in [1.165, 1.54) is 18.4 Å². The van der Waals surface area contributed by atoms with Gasteiger partial charge in [0.1, 0.15) is 5.60 Å². The summed E-state index contributed by atoms with van der Waals surface area (Å²) in [7, 11) is 1.85. The molecule has 0 spiro atoms. The first-order valence-electron chi connectivity index (χ1n) is 10.8. The summed E-state index contributed by atoms with van der Waals surface area (Å²) in [5.74, 6) is 1.62. The fourth-order valence-corrected chi connectivity index (χ4v) is 4.45. The van der Waals surface area contributed by atoms with E-state index >= 15 is 0 Å². The van der Waals surface area contributed by atoms with E-state index < -0.39 is 5.60 Å². The van der Waals surface area contributed by atoms with E-state index in [2.05, 4.69) is 32.0 Å². The van der Waals surface area contributed by atoms with E-state index in [-0.39, 0.29) is 36.1 Å². The molecule has 0 radical (unpaired) electrons. The van der Waals surface area contributed by atoms with Crippen molar-refractivity contribution in [3.05, 3.63) is 22.4 Å². The minimum Gasteiger partial charge on any atom is -0.444 e. The van der Waals surface area contributed by atoms with E-state index in [4.69, 9.17) is 4.74 Å². The van der Waals surface area contributed by atoms with Crippen molar-refractivity contribution in [1.29, 1.82) is 0 Å². The number of ether oxygens (including phenoxy) is 1. The first-order chi connectivity index (χ1) is 13.9. The van der Waals surface area contributed by atoms with E-state index in [1.807, 2.05) is 32.7 Å². The van der Waals surface area contributed by atoms with Gasteiger partial charge in [0, 0.05) is 39.3 Å². The van der Waals surface area contributed by atoms with Crippen molar-refractivity contribution in [2.45, 2.75) is 64.5 Å². The molecule has 1 saturated heterocycles. The van der Waals surface area contributed by atoms with Crippen LogP contribution in [0.4, 0.5) is 4.79 Å². The third-order valence-electron chi connectivity index (χ3n) is 5.47. The Bertz CT molecular complexity index is 678. The molecule has 1 aromatic rings. The van der Waals surface area contributed by atoms with Crippen molar-refractivity contribution in [2.75, 3.05) is 33.2 Å². The van der Waals surface area contributed by atoms with Crippen LogP contribution in [-0.4, -0.2) is 66.7 Å². The average Bonchev–Trinajstić information content (AvgIpc) is 3.35. The summed E-state index contributed by atoms with van der Waals surface area (Å²) < 4.78 is 5.70. The maximum Gasteiger partial charge on any atom is 0.410 e. The molecule has 30 heavy (non-hydrogen) atoms. The number of hydrogen-bond acceptors (Lipinski definition) is 4. The van der Waals surface area contributed by atoms with Crippen molar-refractivity contribution < 1.29 is 9.53 Å². The van der Waals surface area contributed by atoms with Gasteiger partial charge in [-0.05, 0) is 81.2 Å². The Morgan fingerprint density at radius 2 is 2.00 bits per heavy atom. The first-order valence-corrected chi connectivity index (χ1v) is 11.8. The first kappa shape index (κ1) is 25.2. The van der Waals surface area contributed by atoms with Gasteiger partial charge in [-0.25, -0.2) is 4.79 Å². The Kier molecular flexibility index (Phi) is 9.71. The lowest BCUT2D eigenvalue weighted by Crippen LogP contribution is -2.52. The molecule has 0 unspecified atom stereocenters. The minimum absolute atomic E-state index is 0. The fraction of sp³-hybridized carbons (Fsp3) is 0.727. The molecule has 0 bridgehead atoms. The summed E-state index contributed by atoms with van der Waals surface area (Å²) in [5, 5.41) is 7.81. The summed E-state index contributed by atoms with van der Waals surface area (Å²) in [6.45, 7) is 9.36. The molecule has 2 aliphatic rings. The molecular formula is C22H37IN4O2S. The van der Waals surface area contributed by atoms with Crippen LogP contribution >= 0.6 is 35.3 Å². The number of hydrogen-bond donors (Lipinski definition) is 1. The number of guanidine groups is 1. The standard InChI is InChI=1S/C22H36N4O2S.HI/c1-22(2,3)28-21(27)26(15-17-5-6-17)19-8-12-25(13-9-19)20(23-4)24-11-7-18-10-14-29-16-18;/h10,14,16-17,19H,5-9,11-13,15H2,1-4H3,(H,23,24);1H. The minimum atomic E-state index is -0.450. The van der Waals surface area contributed by atoms with Crippen molar-refractivity contribution >= 4 is 47.4 Å². The van der Waals surface area contributed by atoms with Crippen LogP contribution in [0.2, 0.25) is 0 Å². The number of halogens is 1. The Morgan fingerprint density at radius 1 is 1.30 bits per heavy atom. The van der Waals surface area contributed by atoms with Gasteiger partial charge in [0.25, 0.3) is 0 Å². The van der Waals surface area contributed by atoms with Crippen molar-refractivity contribution in [1.82, 2.24) is 15.1 Å². The van der Waals surface area contributed by atoms with Gasteiger partial charge in [0.2, 0.25) is 0 Å². The van der Waals surface area contributed by atoms with Crippen molar-refractivity contribution in [3.63, 3.8) is 0 Å². The number of nitrogens with one attached hydrogen (secondary N) is 1. The number of thiophene rings is 1. The zero-order chi connectivity index (χ0) is 20.9. The maximum absolute atomic E-state index is 12.8. The Hall–Kier alpha value is -1.03. The third-order valence-corrected chi connectivity index (χ3v) is 6.21. The molecular weight excluding hydrogens is 511 g/mol. The molecule has 2 fully saturated rings. The molecule has 2 heterocycles. The van der Waals surface area contributed by atoms with Crippen LogP contribution in [0.15, 0.2) is 21.8 Å². The summed E-state index contributed by atoms with van der Waals surface area (Å²) in [6.07, 6.45) is 5.24. The monoisotopic (exact) mass is 548 g/mol. The van der Waals surface area contributed by atoms with E-state index in [1.54, 1.807) is 11.3 Å². The normalized spacial score (nSPS) is 18.0. The van der Waals surface area contributed by atoms with Crippen molar-refractivity contribution in [2.24, 2.45) is 10.9 Å². The van der Waals surface area contributed by atoms with Gasteiger partial charge in [-0.15, -0.1) is 24.0 Å². The Labute approximate surface area is 202 Å². The Morgan fingerprint density at radius 3 is 2.53 bits per heavy atom. The highest BCUT2D eigenvalue weighted by molar-refractivity contribution is 14.0. The third kappa shape index (κ3) is 7.90. The number of aliphatic imine (C=N–C) groups is 1. The number of carbonyl (C=O) groups excluding carboxylic acids is 1. The number of carbonyl (C=O) groups is 1. The lowest BCUT2D eigenvalue weighted by molar-refractivity contribution is 0.00929. The predicted octanol–water partition coefficient (Wildman–Crippen LogP) is 4.60. The van der Waals surface area contributed by atoms with Gasteiger partial charge in [-0.1, -0.05) is 0 Å². The smallest absolute Gasteiger partial charge is 0.410 e. The summed E-state index contributed by atoms with van der Waals surface area (Å²) in [4.78, 5) is 21.6. The molecule has 1 amide bonds. The molecule has 1 aliphatic heterocycles. The number of piperidine rings is 1. The second-order valence-corrected chi connectivity index (χ2v) is 9.93. The van der Waals surface area contributed by atoms with Crippen LogP contribution < -0.4 is 5.32 Å². The van der Waals surface area contributed by atoms with Crippen LogP contribution in [0.3, 0.4) is 0 Å². The zero-order valence-electron chi connectivity index (χ0n) is 18.7. The highest BCUT2D eigenvalue weighted by atomic mass is 127. The molecule has 3 rings (SSSR count). The van der Waals surface area contributed by atoms with Gasteiger partial charge in [0.15, 0.2) is 5.96 Å². The highest BCUT2D eigenvalue weighted by Crippen LogP contribution is 2.32. The van der Waals surface area contributed by atoms with Crippen molar-refractivity contribution in [3.8, 4) is 0 Å². The number of rotatable bonds is 6. The van der Waals surface area contributed by atoms with Crippen LogP contribution in [0.25, 0.3) is 0 Å². The lowest BCUT2D eigenvalue weighted by atomic mass is 10.0. The van der Waals surface area contributed by atoms with Gasteiger partial charge in [-0.2, -0.15) is 11.3 Å². The maximum atomic E-state index is 12.8. The number of likely N-dealkylation sites (tertiary alicyclic amines) is 1. The largest absolute Gasteiger partial charge is 0.444 e. The topological polar surface area (TPSA) is 57.2 Å².